The fourth-order valence-electron chi connectivity index (χ4n) is 5.47. The highest BCUT2D eigenvalue weighted by molar-refractivity contribution is 6.04. The Kier molecular flexibility index (Phi) is 9.16. The van der Waals surface area contributed by atoms with E-state index < -0.39 is 6.10 Å². The second-order valence-corrected chi connectivity index (χ2v) is 10.7. The van der Waals surface area contributed by atoms with Crippen LogP contribution in [-0.4, -0.2) is 36.6 Å². The number of hydrogen-bond donors (Lipinski definition) is 3. The van der Waals surface area contributed by atoms with Crippen molar-refractivity contribution in [3.8, 4) is 0 Å². The minimum Gasteiger partial charge on any atom is -0.459 e. The molecular formula is C34H37N3O4. The van der Waals surface area contributed by atoms with Gasteiger partial charge in [0.2, 0.25) is 0 Å². The summed E-state index contributed by atoms with van der Waals surface area (Å²) in [7, 11) is 0. The highest BCUT2D eigenvalue weighted by Crippen LogP contribution is 2.30. The molecule has 0 spiro atoms. The highest BCUT2D eigenvalue weighted by atomic mass is 16.3. The molecule has 1 saturated heterocycles. The number of furan rings is 1. The molecule has 212 valence electrons. The number of aliphatic hydroxyl groups is 1. The van der Waals surface area contributed by atoms with Crippen LogP contribution in [0.5, 0.6) is 0 Å². The number of nitrogens with zero attached hydrogens (tertiary/aromatic N) is 1. The lowest BCUT2D eigenvalue weighted by Gasteiger charge is -2.34. The van der Waals surface area contributed by atoms with Crippen LogP contribution in [0.2, 0.25) is 0 Å². The van der Waals surface area contributed by atoms with E-state index >= 15 is 0 Å². The van der Waals surface area contributed by atoms with Crippen LogP contribution in [0.1, 0.15) is 63.0 Å². The predicted octanol–water partition coefficient (Wildman–Crippen LogP) is 6.15. The first-order valence-corrected chi connectivity index (χ1v) is 14.3. The van der Waals surface area contributed by atoms with E-state index in [1.807, 2.05) is 36.4 Å². The van der Waals surface area contributed by atoms with E-state index in [1.165, 1.54) is 17.5 Å². The van der Waals surface area contributed by atoms with Gasteiger partial charge in [-0.25, -0.2) is 0 Å². The van der Waals surface area contributed by atoms with Crippen LogP contribution >= 0.6 is 0 Å². The average molecular weight is 552 g/mol. The first-order valence-electron chi connectivity index (χ1n) is 14.3. The summed E-state index contributed by atoms with van der Waals surface area (Å²) in [6.07, 6.45) is 4.67. The highest BCUT2D eigenvalue weighted by Gasteiger charge is 2.22. The van der Waals surface area contributed by atoms with Gasteiger partial charge in [-0.1, -0.05) is 54.6 Å². The third-order valence-corrected chi connectivity index (χ3v) is 7.90. The van der Waals surface area contributed by atoms with Crippen molar-refractivity contribution in [1.29, 1.82) is 0 Å². The summed E-state index contributed by atoms with van der Waals surface area (Å²) in [5.41, 5.74) is 5.35. The molecule has 4 aromatic rings. The molecule has 0 unspecified atom stereocenters. The van der Waals surface area contributed by atoms with Crippen LogP contribution in [0.3, 0.4) is 0 Å². The number of carbonyl (C=O) groups is 2. The van der Waals surface area contributed by atoms with Gasteiger partial charge < -0.3 is 25.1 Å². The smallest absolute Gasteiger partial charge is 0.291 e. The molecule has 1 aliphatic heterocycles. The normalized spacial score (nSPS) is 14.4. The molecule has 0 aliphatic carbocycles. The molecule has 1 atom stereocenters. The molecule has 0 bridgehead atoms. The van der Waals surface area contributed by atoms with Crippen molar-refractivity contribution in [2.75, 3.05) is 29.9 Å². The molecule has 41 heavy (non-hydrogen) atoms. The maximum Gasteiger partial charge on any atom is 0.291 e. The van der Waals surface area contributed by atoms with E-state index in [1.54, 1.807) is 24.3 Å². The minimum absolute atomic E-state index is 0.0832. The summed E-state index contributed by atoms with van der Waals surface area (Å²) in [6, 6.07) is 26.4. The number of aliphatic hydroxyl groups excluding tert-OH is 1. The summed E-state index contributed by atoms with van der Waals surface area (Å²) in [6.45, 7) is 4.31. The predicted molar refractivity (Wildman–Crippen MR) is 161 cm³/mol. The molecule has 1 aliphatic rings. The Morgan fingerprint density at radius 1 is 0.951 bits per heavy atom. The SMILES string of the molecule is Cc1ccccc1N1CCC(CCc2ccc(C(=O)NC[C@H](O)c3ccccc3)cc2NC(=O)c2ccco2)CC1. The van der Waals surface area contributed by atoms with Crippen LogP contribution < -0.4 is 15.5 Å². The number of para-hydroxylation sites is 1. The van der Waals surface area contributed by atoms with E-state index in [0.29, 0.717) is 17.2 Å². The zero-order chi connectivity index (χ0) is 28.6. The third-order valence-electron chi connectivity index (χ3n) is 7.90. The largest absolute Gasteiger partial charge is 0.459 e. The van der Waals surface area contributed by atoms with Gasteiger partial charge in [0.05, 0.1) is 12.4 Å². The van der Waals surface area contributed by atoms with Crippen LogP contribution in [0.25, 0.3) is 0 Å². The van der Waals surface area contributed by atoms with Crippen molar-refractivity contribution in [2.45, 2.75) is 38.7 Å². The van der Waals surface area contributed by atoms with Gasteiger partial charge in [0, 0.05) is 36.6 Å². The molecule has 7 nitrogen and oxygen atoms in total. The van der Waals surface area contributed by atoms with Crippen LogP contribution in [0, 0.1) is 12.8 Å². The summed E-state index contributed by atoms with van der Waals surface area (Å²) in [4.78, 5) is 28.3. The molecule has 3 N–H and O–H groups in total. The number of aryl methyl sites for hydroxylation is 2. The molecule has 5 rings (SSSR count). The molecule has 0 radical (unpaired) electrons. The fraction of sp³-hybridized carbons (Fsp3) is 0.294. The fourth-order valence-corrected chi connectivity index (χ4v) is 5.47. The first kappa shape index (κ1) is 28.2. The summed E-state index contributed by atoms with van der Waals surface area (Å²) < 4.78 is 5.28. The van der Waals surface area contributed by atoms with Gasteiger partial charge in [0.1, 0.15) is 0 Å². The molecule has 2 amide bonds. The van der Waals surface area contributed by atoms with Crippen LogP contribution in [0.15, 0.2) is 95.6 Å². The zero-order valence-electron chi connectivity index (χ0n) is 23.4. The topological polar surface area (TPSA) is 94.8 Å². The maximum atomic E-state index is 13.0. The molecule has 0 saturated carbocycles. The standard InChI is InChI=1S/C34H37N3O4/c1-24-8-5-6-11-30(24)37-19-17-25(18-20-37)13-14-26-15-16-28(22-29(26)36-34(40)32-12-7-21-41-32)33(39)35-23-31(38)27-9-3-2-4-10-27/h2-12,15-16,21-22,25,31,38H,13-14,17-20,23H2,1H3,(H,35,39)(H,36,40)/t31-/m0/s1. The third kappa shape index (κ3) is 7.24. The lowest BCUT2D eigenvalue weighted by atomic mass is 9.89. The Balaban J connectivity index is 1.23. The number of rotatable bonds is 10. The number of piperidine rings is 1. The molecule has 2 heterocycles. The van der Waals surface area contributed by atoms with Crippen molar-refractivity contribution < 1.29 is 19.1 Å². The lowest BCUT2D eigenvalue weighted by molar-refractivity contribution is 0.0915. The Labute approximate surface area is 241 Å². The van der Waals surface area contributed by atoms with Crippen LogP contribution in [-0.2, 0) is 6.42 Å². The molecule has 3 aromatic carbocycles. The monoisotopic (exact) mass is 551 g/mol. The van der Waals surface area contributed by atoms with E-state index in [9.17, 15) is 14.7 Å². The second kappa shape index (κ2) is 13.3. The zero-order valence-corrected chi connectivity index (χ0v) is 23.4. The van der Waals surface area contributed by atoms with Gasteiger partial charge in [-0.3, -0.25) is 9.59 Å². The van der Waals surface area contributed by atoms with E-state index in [-0.39, 0.29) is 24.1 Å². The summed E-state index contributed by atoms with van der Waals surface area (Å²) >= 11 is 0. The first-order chi connectivity index (χ1) is 20.0. The van der Waals surface area contributed by atoms with Crippen LogP contribution in [0.4, 0.5) is 11.4 Å². The van der Waals surface area contributed by atoms with Crippen molar-refractivity contribution in [1.82, 2.24) is 5.32 Å². The van der Waals surface area contributed by atoms with Gasteiger partial charge in [-0.2, -0.15) is 0 Å². The number of anilines is 2. The summed E-state index contributed by atoms with van der Waals surface area (Å²) in [5, 5.41) is 16.2. The Morgan fingerprint density at radius 3 is 2.44 bits per heavy atom. The Morgan fingerprint density at radius 2 is 1.71 bits per heavy atom. The second-order valence-electron chi connectivity index (χ2n) is 10.7. The number of benzene rings is 3. The quantitative estimate of drug-likeness (QED) is 0.220. The molecular weight excluding hydrogens is 514 g/mol. The molecule has 1 fully saturated rings. The van der Waals surface area contributed by atoms with Crippen molar-refractivity contribution in [3.05, 3.63) is 119 Å². The van der Waals surface area contributed by atoms with E-state index in [4.69, 9.17) is 4.42 Å². The molecule has 7 heteroatoms. The number of carbonyl (C=O) groups excluding carboxylic acids is 2. The molecule has 1 aromatic heterocycles. The van der Waals surface area contributed by atoms with Gasteiger partial charge >= 0.3 is 0 Å². The van der Waals surface area contributed by atoms with E-state index in [2.05, 4.69) is 46.7 Å². The number of amides is 2. The minimum atomic E-state index is -0.810. The van der Waals surface area contributed by atoms with Crippen molar-refractivity contribution >= 4 is 23.2 Å². The van der Waals surface area contributed by atoms with Gasteiger partial charge in [0.15, 0.2) is 5.76 Å². The maximum absolute atomic E-state index is 13.0. The Hall–Kier alpha value is -4.36. The Bertz CT molecular complexity index is 1440. The van der Waals surface area contributed by atoms with Gasteiger partial charge in [0.25, 0.3) is 11.8 Å². The average Bonchev–Trinajstić information content (AvgIpc) is 3.56. The number of nitrogens with one attached hydrogen (secondary N) is 2. The van der Waals surface area contributed by atoms with Crippen molar-refractivity contribution in [3.63, 3.8) is 0 Å². The van der Waals surface area contributed by atoms with Gasteiger partial charge in [-0.15, -0.1) is 0 Å². The number of hydrogen-bond acceptors (Lipinski definition) is 5. The van der Waals surface area contributed by atoms with E-state index in [0.717, 1.165) is 49.9 Å². The lowest BCUT2D eigenvalue weighted by Crippen LogP contribution is -2.34. The summed E-state index contributed by atoms with van der Waals surface area (Å²) in [5.74, 6) is 0.121. The van der Waals surface area contributed by atoms with Gasteiger partial charge in [-0.05, 0) is 85.5 Å². The van der Waals surface area contributed by atoms with Crippen molar-refractivity contribution in [2.24, 2.45) is 5.92 Å².